The van der Waals surface area contributed by atoms with Gasteiger partial charge < -0.3 is 14.6 Å². The highest BCUT2D eigenvalue weighted by molar-refractivity contribution is 6.30. The number of rotatable bonds is 5. The Morgan fingerprint density at radius 2 is 2.00 bits per heavy atom. The molecule has 0 amide bonds. The molecule has 2 aromatic rings. The number of halogens is 2. The van der Waals surface area contributed by atoms with Crippen LogP contribution in [-0.4, -0.2) is 12.2 Å². The normalized spacial score (nSPS) is 10.4. The van der Waals surface area contributed by atoms with E-state index in [1.165, 1.54) is 12.1 Å². The van der Waals surface area contributed by atoms with Gasteiger partial charge in [-0.1, -0.05) is 17.7 Å². The summed E-state index contributed by atoms with van der Waals surface area (Å²) in [6.07, 6.45) is 0. The predicted octanol–water partition coefficient (Wildman–Crippen LogP) is 3.56. The highest BCUT2D eigenvalue weighted by Gasteiger charge is 2.06. The van der Waals surface area contributed by atoms with E-state index in [0.29, 0.717) is 22.6 Å². The summed E-state index contributed by atoms with van der Waals surface area (Å²) >= 11 is 5.62. The molecule has 0 aromatic heterocycles. The van der Waals surface area contributed by atoms with Crippen LogP contribution in [0.2, 0.25) is 5.02 Å². The Kier molecular flexibility index (Phi) is 4.82. The van der Waals surface area contributed by atoms with Gasteiger partial charge in [0.05, 0.1) is 18.7 Å². The van der Waals surface area contributed by atoms with Crippen molar-refractivity contribution in [3.05, 3.63) is 58.4 Å². The molecule has 0 aliphatic carbocycles. The standard InChI is InChI=1S/C15H14ClFO3/c1-19-12-3-5-15(11(7-12)8-18)20-9-10-2-4-13(16)14(17)6-10/h2-7,18H,8-9H2,1H3. The molecule has 2 aromatic carbocycles. The van der Waals surface area contributed by atoms with Gasteiger partial charge in [-0.3, -0.25) is 0 Å². The van der Waals surface area contributed by atoms with Gasteiger partial charge in [-0.25, -0.2) is 4.39 Å². The third kappa shape index (κ3) is 3.40. The lowest BCUT2D eigenvalue weighted by molar-refractivity contribution is 0.257. The van der Waals surface area contributed by atoms with Gasteiger partial charge in [0.25, 0.3) is 0 Å². The third-order valence-electron chi connectivity index (χ3n) is 2.82. The lowest BCUT2D eigenvalue weighted by atomic mass is 10.2. The summed E-state index contributed by atoms with van der Waals surface area (Å²) in [4.78, 5) is 0. The quantitative estimate of drug-likeness (QED) is 0.917. The zero-order chi connectivity index (χ0) is 14.5. The van der Waals surface area contributed by atoms with Gasteiger partial charge in [0.15, 0.2) is 0 Å². The van der Waals surface area contributed by atoms with Crippen molar-refractivity contribution in [2.24, 2.45) is 0 Å². The number of benzene rings is 2. The number of hydrogen-bond acceptors (Lipinski definition) is 3. The average Bonchev–Trinajstić information content (AvgIpc) is 2.48. The molecule has 0 heterocycles. The predicted molar refractivity (Wildman–Crippen MR) is 74.7 cm³/mol. The molecule has 2 rings (SSSR count). The van der Waals surface area contributed by atoms with Crippen LogP contribution in [0.25, 0.3) is 0 Å². The minimum Gasteiger partial charge on any atom is -0.497 e. The van der Waals surface area contributed by atoms with Crippen molar-refractivity contribution in [2.45, 2.75) is 13.2 Å². The minimum absolute atomic E-state index is 0.0780. The van der Waals surface area contributed by atoms with Crippen LogP contribution in [0.15, 0.2) is 36.4 Å². The molecule has 0 atom stereocenters. The Morgan fingerprint density at radius 3 is 2.65 bits per heavy atom. The zero-order valence-electron chi connectivity index (χ0n) is 10.9. The molecule has 20 heavy (non-hydrogen) atoms. The molecule has 0 radical (unpaired) electrons. The maximum atomic E-state index is 13.3. The first kappa shape index (κ1) is 14.6. The van der Waals surface area contributed by atoms with Crippen LogP contribution in [0.5, 0.6) is 11.5 Å². The minimum atomic E-state index is -0.482. The molecule has 106 valence electrons. The summed E-state index contributed by atoms with van der Waals surface area (Å²) in [7, 11) is 1.55. The fourth-order valence-electron chi connectivity index (χ4n) is 1.74. The summed E-state index contributed by atoms with van der Waals surface area (Å²) < 4.78 is 24.0. The van der Waals surface area contributed by atoms with Gasteiger partial charge in [0, 0.05) is 5.56 Å². The molecular weight excluding hydrogens is 283 g/mol. The van der Waals surface area contributed by atoms with E-state index in [4.69, 9.17) is 21.1 Å². The summed E-state index contributed by atoms with van der Waals surface area (Å²) in [5, 5.41) is 9.38. The lowest BCUT2D eigenvalue weighted by Crippen LogP contribution is -2.00. The Labute approximate surface area is 121 Å². The first-order valence-corrected chi connectivity index (χ1v) is 6.36. The van der Waals surface area contributed by atoms with Crippen LogP contribution in [0.1, 0.15) is 11.1 Å². The van der Waals surface area contributed by atoms with Gasteiger partial charge in [-0.2, -0.15) is 0 Å². The van der Waals surface area contributed by atoms with Gasteiger partial charge in [0.1, 0.15) is 23.9 Å². The van der Waals surface area contributed by atoms with E-state index >= 15 is 0 Å². The number of aliphatic hydroxyl groups is 1. The van der Waals surface area contributed by atoms with E-state index in [1.54, 1.807) is 31.4 Å². The smallest absolute Gasteiger partial charge is 0.142 e. The van der Waals surface area contributed by atoms with Crippen molar-refractivity contribution in [1.29, 1.82) is 0 Å². The molecule has 0 aliphatic rings. The average molecular weight is 297 g/mol. The SMILES string of the molecule is COc1ccc(OCc2ccc(Cl)c(F)c2)c(CO)c1. The van der Waals surface area contributed by atoms with Crippen molar-refractivity contribution < 1.29 is 19.0 Å². The molecule has 0 spiro atoms. The summed E-state index contributed by atoms with van der Waals surface area (Å²) in [6, 6.07) is 9.62. The fraction of sp³-hybridized carbons (Fsp3) is 0.200. The molecule has 0 fully saturated rings. The first-order valence-electron chi connectivity index (χ1n) is 5.98. The van der Waals surface area contributed by atoms with E-state index in [1.807, 2.05) is 0 Å². The lowest BCUT2D eigenvalue weighted by Gasteiger charge is -2.11. The maximum Gasteiger partial charge on any atom is 0.142 e. The summed E-state index contributed by atoms with van der Waals surface area (Å²) in [5.41, 5.74) is 1.27. The van der Waals surface area contributed by atoms with Crippen LogP contribution in [0.3, 0.4) is 0 Å². The molecule has 0 bridgehead atoms. The Hall–Kier alpha value is -1.78. The van der Waals surface area contributed by atoms with Gasteiger partial charge in [-0.15, -0.1) is 0 Å². The largest absolute Gasteiger partial charge is 0.497 e. The maximum absolute atomic E-state index is 13.3. The molecule has 0 saturated heterocycles. The Balaban J connectivity index is 2.12. The van der Waals surface area contributed by atoms with E-state index in [0.717, 1.165) is 0 Å². The highest BCUT2D eigenvalue weighted by Crippen LogP contribution is 2.25. The summed E-state index contributed by atoms with van der Waals surface area (Å²) in [5.74, 6) is 0.687. The van der Waals surface area contributed by atoms with Gasteiger partial charge in [-0.05, 0) is 35.9 Å². The van der Waals surface area contributed by atoms with E-state index in [2.05, 4.69) is 0 Å². The van der Waals surface area contributed by atoms with Gasteiger partial charge >= 0.3 is 0 Å². The second-order valence-corrected chi connectivity index (χ2v) is 4.58. The second kappa shape index (κ2) is 6.59. The van der Waals surface area contributed by atoms with Crippen LogP contribution in [-0.2, 0) is 13.2 Å². The van der Waals surface area contributed by atoms with E-state index in [-0.39, 0.29) is 18.2 Å². The van der Waals surface area contributed by atoms with Crippen LogP contribution < -0.4 is 9.47 Å². The molecule has 3 nitrogen and oxygen atoms in total. The Morgan fingerprint density at radius 1 is 1.20 bits per heavy atom. The van der Waals surface area contributed by atoms with Crippen molar-refractivity contribution in [3.8, 4) is 11.5 Å². The molecule has 0 saturated carbocycles. The van der Waals surface area contributed by atoms with Gasteiger partial charge in [0.2, 0.25) is 0 Å². The number of aliphatic hydroxyl groups excluding tert-OH is 1. The zero-order valence-corrected chi connectivity index (χ0v) is 11.7. The molecular formula is C15H14ClFO3. The van der Waals surface area contributed by atoms with E-state index < -0.39 is 5.82 Å². The number of ether oxygens (including phenoxy) is 2. The number of hydrogen-bond donors (Lipinski definition) is 1. The monoisotopic (exact) mass is 296 g/mol. The number of methoxy groups -OCH3 is 1. The topological polar surface area (TPSA) is 38.7 Å². The van der Waals surface area contributed by atoms with E-state index in [9.17, 15) is 9.50 Å². The fourth-order valence-corrected chi connectivity index (χ4v) is 1.86. The Bertz CT molecular complexity index is 602. The molecule has 5 heteroatoms. The molecule has 0 unspecified atom stereocenters. The highest BCUT2D eigenvalue weighted by atomic mass is 35.5. The second-order valence-electron chi connectivity index (χ2n) is 4.17. The molecule has 1 N–H and O–H groups in total. The summed E-state index contributed by atoms with van der Waals surface area (Å²) in [6.45, 7) is 0.0227. The van der Waals surface area contributed by atoms with Crippen molar-refractivity contribution >= 4 is 11.6 Å². The van der Waals surface area contributed by atoms with Crippen molar-refractivity contribution in [1.82, 2.24) is 0 Å². The van der Waals surface area contributed by atoms with Crippen molar-refractivity contribution in [3.63, 3.8) is 0 Å². The first-order chi connectivity index (χ1) is 9.63. The van der Waals surface area contributed by atoms with Crippen molar-refractivity contribution in [2.75, 3.05) is 7.11 Å². The van der Waals surface area contributed by atoms with Crippen LogP contribution in [0, 0.1) is 5.82 Å². The third-order valence-corrected chi connectivity index (χ3v) is 3.12. The van der Waals surface area contributed by atoms with Crippen LogP contribution >= 0.6 is 11.6 Å². The molecule has 0 aliphatic heterocycles. The van der Waals surface area contributed by atoms with Crippen LogP contribution in [0.4, 0.5) is 4.39 Å².